The summed E-state index contributed by atoms with van der Waals surface area (Å²) in [7, 11) is 1.67. The van der Waals surface area contributed by atoms with Crippen molar-refractivity contribution in [3.8, 4) is 17.0 Å². The Kier molecular flexibility index (Phi) is 8.63. The van der Waals surface area contributed by atoms with E-state index in [4.69, 9.17) is 9.72 Å². The van der Waals surface area contributed by atoms with Gasteiger partial charge in [-0.15, -0.1) is 0 Å². The third-order valence-corrected chi connectivity index (χ3v) is 8.71. The van der Waals surface area contributed by atoms with Crippen LogP contribution in [0.25, 0.3) is 11.1 Å². The van der Waals surface area contributed by atoms with Gasteiger partial charge in [0.25, 0.3) is 0 Å². The third kappa shape index (κ3) is 6.34. The van der Waals surface area contributed by atoms with Gasteiger partial charge in [-0.3, -0.25) is 14.4 Å². The largest absolute Gasteiger partial charge is 0.481 e. The van der Waals surface area contributed by atoms with Crippen LogP contribution in [0.3, 0.4) is 0 Å². The molecule has 5 rings (SSSR count). The molecule has 0 saturated heterocycles. The van der Waals surface area contributed by atoms with E-state index >= 15 is 0 Å². The minimum Gasteiger partial charge on any atom is -0.481 e. The fourth-order valence-electron chi connectivity index (χ4n) is 6.34. The van der Waals surface area contributed by atoms with E-state index in [-0.39, 0.29) is 11.8 Å². The molecule has 0 spiro atoms. The maximum absolute atomic E-state index is 13.9. The van der Waals surface area contributed by atoms with E-state index in [0.29, 0.717) is 23.8 Å². The quantitative estimate of drug-likeness (QED) is 0.310. The average Bonchev–Trinajstić information content (AvgIpc) is 3.48. The van der Waals surface area contributed by atoms with Gasteiger partial charge in [-0.1, -0.05) is 19.3 Å². The molecule has 7 nitrogen and oxygen atoms in total. The lowest BCUT2D eigenvalue weighted by molar-refractivity contribution is -0.123. The number of anilines is 1. The van der Waals surface area contributed by atoms with E-state index in [9.17, 15) is 4.79 Å². The van der Waals surface area contributed by atoms with Crippen LogP contribution in [0.2, 0.25) is 0 Å². The molecular weight excluding hydrogens is 486 g/mol. The maximum Gasteiger partial charge on any atom is 0.231 e. The zero-order valence-electron chi connectivity index (χ0n) is 24.0. The van der Waals surface area contributed by atoms with Gasteiger partial charge in [-0.25, -0.2) is 9.97 Å². The number of rotatable bonds is 8. The Balaban J connectivity index is 1.33. The van der Waals surface area contributed by atoms with Crippen molar-refractivity contribution < 1.29 is 9.53 Å². The number of amides is 1. The summed E-state index contributed by atoms with van der Waals surface area (Å²) >= 11 is 0. The average molecular weight is 530 g/mol. The molecular formula is C32H43N5O2. The Bertz CT molecular complexity index is 1250. The summed E-state index contributed by atoms with van der Waals surface area (Å²) in [5.74, 6) is 2.83. The molecule has 0 unspecified atom stereocenters. The number of hydrogen-bond acceptors (Lipinski definition) is 5. The van der Waals surface area contributed by atoms with E-state index in [1.807, 2.05) is 34.2 Å². The van der Waals surface area contributed by atoms with Crippen molar-refractivity contribution in [3.05, 3.63) is 54.1 Å². The molecule has 2 aliphatic rings. The highest BCUT2D eigenvalue weighted by Gasteiger charge is 2.31. The number of ether oxygens (including phenoxy) is 1. The highest BCUT2D eigenvalue weighted by atomic mass is 16.5. The van der Waals surface area contributed by atoms with Crippen LogP contribution < -0.4 is 9.64 Å². The monoisotopic (exact) mass is 529 g/mol. The number of carbonyl (C=O) groups excluding carboxylic acids is 1. The molecule has 0 bridgehead atoms. The fraction of sp³-hybridized carbons (Fsp3) is 0.562. The van der Waals surface area contributed by atoms with Crippen molar-refractivity contribution in [2.75, 3.05) is 18.6 Å². The number of aryl methyl sites for hydroxylation is 1. The second-order valence-electron chi connectivity index (χ2n) is 11.8. The van der Waals surface area contributed by atoms with Gasteiger partial charge in [0, 0.05) is 48.2 Å². The highest BCUT2D eigenvalue weighted by Crippen LogP contribution is 2.38. The number of nitrogens with zero attached hydrogens (tertiary/aromatic N) is 5. The van der Waals surface area contributed by atoms with Crippen molar-refractivity contribution in [1.29, 1.82) is 0 Å². The summed E-state index contributed by atoms with van der Waals surface area (Å²) in [5, 5.41) is 4.52. The Hall–Kier alpha value is -3.22. The van der Waals surface area contributed by atoms with Gasteiger partial charge in [0.1, 0.15) is 5.82 Å². The molecule has 3 aromatic heterocycles. The molecule has 0 radical (unpaired) electrons. The summed E-state index contributed by atoms with van der Waals surface area (Å²) in [6.07, 6.45) is 17.8. The molecule has 1 amide bonds. The number of pyridine rings is 2. The molecule has 2 fully saturated rings. The number of carbonyl (C=O) groups is 1. The lowest BCUT2D eigenvalue weighted by atomic mass is 9.78. The van der Waals surface area contributed by atoms with E-state index in [2.05, 4.69) is 49.2 Å². The highest BCUT2D eigenvalue weighted by molar-refractivity contribution is 5.94. The molecule has 208 valence electrons. The predicted molar refractivity (Wildman–Crippen MR) is 155 cm³/mol. The summed E-state index contributed by atoms with van der Waals surface area (Å²) < 4.78 is 7.32. The van der Waals surface area contributed by atoms with Gasteiger partial charge < -0.3 is 4.74 Å². The molecule has 2 saturated carbocycles. The van der Waals surface area contributed by atoms with Gasteiger partial charge in [-0.05, 0) is 100 Å². The first-order chi connectivity index (χ1) is 18.9. The Morgan fingerprint density at radius 2 is 1.79 bits per heavy atom. The molecule has 3 heterocycles. The minimum atomic E-state index is 0.109. The Morgan fingerprint density at radius 1 is 1.03 bits per heavy atom. The van der Waals surface area contributed by atoms with Crippen LogP contribution >= 0.6 is 0 Å². The number of hydrogen-bond donors (Lipinski definition) is 0. The molecule has 0 aliphatic heterocycles. The standard InChI is InChI=1S/C32H43N5O2/c1-22(2)37-21-29(19-35-37)27-14-15-33-30(17-27)36(32(38)26-8-6-5-7-9-26)20-24-10-12-25(13-11-24)28-16-23(3)31(39-4)34-18-28/h14-19,21-22,24-26H,5-13,20H2,1-4H3. The molecule has 0 atom stereocenters. The first-order valence-electron chi connectivity index (χ1n) is 14.8. The second-order valence-corrected chi connectivity index (χ2v) is 11.8. The first kappa shape index (κ1) is 27.4. The van der Waals surface area contributed by atoms with Crippen molar-refractivity contribution in [2.24, 2.45) is 11.8 Å². The van der Waals surface area contributed by atoms with E-state index in [1.165, 1.54) is 12.0 Å². The molecule has 3 aromatic rings. The SMILES string of the molecule is COc1ncc(C2CCC(CN(C(=O)C3CCCCC3)c3cc(-c4cnn(C(C)C)c4)ccn3)CC2)cc1C. The maximum atomic E-state index is 13.9. The van der Waals surface area contributed by atoms with Gasteiger partial charge >= 0.3 is 0 Å². The topological polar surface area (TPSA) is 73.1 Å². The summed E-state index contributed by atoms with van der Waals surface area (Å²) in [6, 6.07) is 6.63. The second kappa shape index (κ2) is 12.3. The summed E-state index contributed by atoms with van der Waals surface area (Å²) in [6.45, 7) is 7.05. The summed E-state index contributed by atoms with van der Waals surface area (Å²) in [5.41, 5.74) is 4.50. The van der Waals surface area contributed by atoms with Crippen LogP contribution in [0.5, 0.6) is 5.88 Å². The number of aromatic nitrogens is 4. The zero-order valence-corrected chi connectivity index (χ0v) is 24.0. The van der Waals surface area contributed by atoms with Crippen LogP contribution in [0.4, 0.5) is 5.82 Å². The first-order valence-corrected chi connectivity index (χ1v) is 14.8. The van der Waals surface area contributed by atoms with Crippen LogP contribution in [0.15, 0.2) is 43.0 Å². The Labute approximate surface area is 233 Å². The molecule has 2 aliphatic carbocycles. The summed E-state index contributed by atoms with van der Waals surface area (Å²) in [4.78, 5) is 25.2. The zero-order chi connectivity index (χ0) is 27.4. The van der Waals surface area contributed by atoms with E-state index < -0.39 is 0 Å². The van der Waals surface area contributed by atoms with Crippen LogP contribution in [0.1, 0.15) is 94.7 Å². The molecule has 0 N–H and O–H groups in total. The van der Waals surface area contributed by atoms with Crippen LogP contribution in [-0.4, -0.2) is 39.3 Å². The van der Waals surface area contributed by atoms with Gasteiger partial charge in [-0.2, -0.15) is 5.10 Å². The van der Waals surface area contributed by atoms with Crippen molar-refractivity contribution in [2.45, 2.75) is 90.5 Å². The van der Waals surface area contributed by atoms with Crippen molar-refractivity contribution in [1.82, 2.24) is 19.7 Å². The van der Waals surface area contributed by atoms with Crippen LogP contribution in [-0.2, 0) is 4.79 Å². The van der Waals surface area contributed by atoms with E-state index in [1.54, 1.807) is 7.11 Å². The van der Waals surface area contributed by atoms with E-state index in [0.717, 1.165) is 80.4 Å². The lowest BCUT2D eigenvalue weighted by Gasteiger charge is -2.35. The molecule has 7 heteroatoms. The Morgan fingerprint density at radius 3 is 2.46 bits per heavy atom. The van der Waals surface area contributed by atoms with Crippen LogP contribution in [0, 0.1) is 18.8 Å². The number of methoxy groups -OCH3 is 1. The van der Waals surface area contributed by atoms with Crippen molar-refractivity contribution >= 4 is 11.7 Å². The van der Waals surface area contributed by atoms with Gasteiger partial charge in [0.05, 0.1) is 13.3 Å². The smallest absolute Gasteiger partial charge is 0.231 e. The lowest BCUT2D eigenvalue weighted by Crippen LogP contribution is -2.41. The van der Waals surface area contributed by atoms with Gasteiger partial charge in [0.15, 0.2) is 0 Å². The predicted octanol–water partition coefficient (Wildman–Crippen LogP) is 7.13. The molecule has 0 aromatic carbocycles. The van der Waals surface area contributed by atoms with Crippen molar-refractivity contribution in [3.63, 3.8) is 0 Å². The normalized spacial score (nSPS) is 20.2. The fourth-order valence-corrected chi connectivity index (χ4v) is 6.34. The van der Waals surface area contributed by atoms with Gasteiger partial charge in [0.2, 0.25) is 11.8 Å². The molecule has 39 heavy (non-hydrogen) atoms. The minimum absolute atomic E-state index is 0.109. The third-order valence-electron chi connectivity index (χ3n) is 8.71.